The summed E-state index contributed by atoms with van der Waals surface area (Å²) in [4.78, 5) is 0. The number of alkyl halides is 1. The van der Waals surface area contributed by atoms with E-state index >= 15 is 0 Å². The fourth-order valence-electron chi connectivity index (χ4n) is 0.863. The largest absolute Gasteiger partial charge is 0.229 e. The number of tetrazole rings is 1. The Balaban J connectivity index is 2.62. The van der Waals surface area contributed by atoms with E-state index in [0.29, 0.717) is 5.82 Å². The molecular formula is C6H11ClN4O2S. The van der Waals surface area contributed by atoms with Crippen LogP contribution in [0.3, 0.4) is 0 Å². The maximum absolute atomic E-state index is 11.2. The number of nitrogens with zero attached hydrogens (tertiary/aromatic N) is 4. The van der Waals surface area contributed by atoms with Crippen molar-refractivity contribution < 1.29 is 8.42 Å². The predicted molar refractivity (Wildman–Crippen MR) is 51.7 cm³/mol. The summed E-state index contributed by atoms with van der Waals surface area (Å²) < 4.78 is 23.8. The first-order chi connectivity index (χ1) is 6.59. The highest BCUT2D eigenvalue weighted by Gasteiger charge is 2.10. The van der Waals surface area contributed by atoms with Crippen molar-refractivity contribution in [2.24, 2.45) is 0 Å². The van der Waals surface area contributed by atoms with E-state index in [9.17, 15) is 8.42 Å². The lowest BCUT2D eigenvalue weighted by molar-refractivity contribution is 0.570. The maximum atomic E-state index is 11.2. The predicted octanol–water partition coefficient (Wildman–Crippen LogP) is -0.153. The Labute approximate surface area is 87.2 Å². The third-order valence-electron chi connectivity index (χ3n) is 1.78. The van der Waals surface area contributed by atoms with Crippen molar-refractivity contribution in [2.45, 2.75) is 19.3 Å². The quantitative estimate of drug-likeness (QED) is 0.667. The molecular weight excluding hydrogens is 228 g/mol. The third-order valence-corrected chi connectivity index (χ3v) is 3.70. The Hall–Kier alpha value is -0.690. The number of hydrogen-bond acceptors (Lipinski definition) is 5. The van der Waals surface area contributed by atoms with E-state index in [-0.39, 0.29) is 23.9 Å². The average molecular weight is 239 g/mol. The first-order valence-corrected chi connectivity index (χ1v) is 6.46. The van der Waals surface area contributed by atoms with E-state index in [2.05, 4.69) is 15.5 Å². The van der Waals surface area contributed by atoms with Crippen LogP contribution in [0.5, 0.6) is 0 Å². The van der Waals surface area contributed by atoms with Crippen LogP contribution in [0.2, 0.25) is 0 Å². The van der Waals surface area contributed by atoms with Gasteiger partial charge in [-0.05, 0) is 10.4 Å². The van der Waals surface area contributed by atoms with Crippen molar-refractivity contribution in [3.05, 3.63) is 5.82 Å². The van der Waals surface area contributed by atoms with Gasteiger partial charge in [-0.15, -0.1) is 16.7 Å². The number of halogens is 1. The molecule has 0 saturated carbocycles. The van der Waals surface area contributed by atoms with Crippen LogP contribution < -0.4 is 0 Å². The first-order valence-electron chi connectivity index (χ1n) is 4.10. The summed E-state index contributed by atoms with van der Waals surface area (Å²) in [7, 11) is -2.98. The van der Waals surface area contributed by atoms with E-state index in [1.54, 1.807) is 6.92 Å². The summed E-state index contributed by atoms with van der Waals surface area (Å²) in [6, 6.07) is 0. The molecule has 0 saturated heterocycles. The second-order valence-corrected chi connectivity index (χ2v) is 5.43. The Bertz CT molecular complexity index is 388. The minimum Gasteiger partial charge on any atom is -0.229 e. The lowest BCUT2D eigenvalue weighted by Crippen LogP contribution is -2.16. The van der Waals surface area contributed by atoms with Crippen molar-refractivity contribution >= 4 is 21.4 Å². The Morgan fingerprint density at radius 1 is 1.50 bits per heavy atom. The lowest BCUT2D eigenvalue weighted by Gasteiger charge is -2.02. The van der Waals surface area contributed by atoms with Crippen LogP contribution in [0, 0.1) is 0 Å². The summed E-state index contributed by atoms with van der Waals surface area (Å²) in [6.07, 6.45) is 0. The molecule has 0 atom stereocenters. The summed E-state index contributed by atoms with van der Waals surface area (Å²) in [6.45, 7) is 1.86. The van der Waals surface area contributed by atoms with E-state index < -0.39 is 9.84 Å². The molecule has 0 aliphatic rings. The molecule has 1 rings (SSSR count). The van der Waals surface area contributed by atoms with Gasteiger partial charge in [0.2, 0.25) is 0 Å². The van der Waals surface area contributed by atoms with Crippen LogP contribution >= 0.6 is 11.6 Å². The minimum absolute atomic E-state index is 0.0401. The molecule has 1 aromatic heterocycles. The summed E-state index contributed by atoms with van der Waals surface area (Å²) >= 11 is 5.54. The van der Waals surface area contributed by atoms with Gasteiger partial charge in [-0.1, -0.05) is 6.92 Å². The molecule has 0 N–H and O–H groups in total. The molecule has 8 heteroatoms. The molecule has 80 valence electrons. The third kappa shape index (κ3) is 2.91. The van der Waals surface area contributed by atoms with Gasteiger partial charge in [0.15, 0.2) is 15.7 Å². The summed E-state index contributed by atoms with van der Waals surface area (Å²) in [5.74, 6) is 0.834. The van der Waals surface area contributed by atoms with Crippen LogP contribution in [-0.2, 0) is 22.3 Å². The van der Waals surface area contributed by atoms with E-state index in [1.165, 1.54) is 4.68 Å². The normalized spacial score (nSPS) is 11.9. The maximum Gasteiger partial charge on any atom is 0.166 e. The van der Waals surface area contributed by atoms with Crippen LogP contribution in [0.1, 0.15) is 12.7 Å². The second-order valence-electron chi connectivity index (χ2n) is 2.69. The van der Waals surface area contributed by atoms with E-state index in [4.69, 9.17) is 11.6 Å². The van der Waals surface area contributed by atoms with Crippen LogP contribution in [-0.4, -0.2) is 40.1 Å². The zero-order chi connectivity index (χ0) is 10.6. The number of rotatable bonds is 5. The molecule has 1 aromatic rings. The fourth-order valence-corrected chi connectivity index (χ4v) is 1.79. The molecule has 0 aliphatic heterocycles. The Morgan fingerprint density at radius 2 is 2.21 bits per heavy atom. The molecule has 0 bridgehead atoms. The zero-order valence-corrected chi connectivity index (χ0v) is 9.29. The lowest BCUT2D eigenvalue weighted by atomic mass is 10.6. The van der Waals surface area contributed by atoms with Crippen LogP contribution in [0.4, 0.5) is 0 Å². The molecule has 6 nitrogen and oxygen atoms in total. The topological polar surface area (TPSA) is 77.7 Å². The highest BCUT2D eigenvalue weighted by Crippen LogP contribution is 1.98. The molecule has 1 heterocycles. The number of sulfone groups is 1. The highest BCUT2D eigenvalue weighted by molar-refractivity contribution is 7.91. The van der Waals surface area contributed by atoms with Crippen molar-refractivity contribution in [3.8, 4) is 0 Å². The molecule has 14 heavy (non-hydrogen) atoms. The summed E-state index contributed by atoms with van der Waals surface area (Å²) in [5.41, 5.74) is 0. The summed E-state index contributed by atoms with van der Waals surface area (Å²) in [5, 5.41) is 10.7. The monoisotopic (exact) mass is 238 g/mol. The van der Waals surface area contributed by atoms with Gasteiger partial charge in [-0.3, -0.25) is 0 Å². The van der Waals surface area contributed by atoms with Crippen molar-refractivity contribution in [3.63, 3.8) is 0 Å². The zero-order valence-electron chi connectivity index (χ0n) is 7.72. The van der Waals surface area contributed by atoms with Gasteiger partial charge >= 0.3 is 0 Å². The fraction of sp³-hybridized carbons (Fsp3) is 0.833. The van der Waals surface area contributed by atoms with Gasteiger partial charge in [0.05, 0.1) is 18.2 Å². The minimum atomic E-state index is -2.98. The first kappa shape index (κ1) is 11.4. The Morgan fingerprint density at radius 3 is 2.79 bits per heavy atom. The van der Waals surface area contributed by atoms with E-state index in [0.717, 1.165) is 0 Å². The molecule has 0 radical (unpaired) electrons. The van der Waals surface area contributed by atoms with Gasteiger partial charge in [-0.2, -0.15) is 0 Å². The molecule has 0 aromatic carbocycles. The second kappa shape index (κ2) is 4.70. The smallest absolute Gasteiger partial charge is 0.166 e. The van der Waals surface area contributed by atoms with Crippen LogP contribution in [0.15, 0.2) is 0 Å². The highest BCUT2D eigenvalue weighted by atomic mass is 35.5. The molecule has 0 unspecified atom stereocenters. The number of aromatic nitrogens is 4. The van der Waals surface area contributed by atoms with Gasteiger partial charge in [0, 0.05) is 5.75 Å². The standard InChI is InChI=1S/C6H11ClN4O2S/c1-2-14(12,13)4-3-11-6(5-7)8-9-10-11/h2-5H2,1H3. The van der Waals surface area contributed by atoms with Crippen molar-refractivity contribution in [2.75, 3.05) is 11.5 Å². The van der Waals surface area contributed by atoms with Crippen molar-refractivity contribution in [1.29, 1.82) is 0 Å². The molecule has 0 fully saturated rings. The Kier molecular flexibility index (Phi) is 3.82. The van der Waals surface area contributed by atoms with Gasteiger partial charge < -0.3 is 0 Å². The van der Waals surface area contributed by atoms with Gasteiger partial charge in [0.25, 0.3) is 0 Å². The van der Waals surface area contributed by atoms with Gasteiger partial charge in [0.1, 0.15) is 0 Å². The van der Waals surface area contributed by atoms with Gasteiger partial charge in [-0.25, -0.2) is 13.1 Å². The van der Waals surface area contributed by atoms with E-state index in [1.807, 2.05) is 0 Å². The van der Waals surface area contributed by atoms with Crippen molar-refractivity contribution in [1.82, 2.24) is 20.2 Å². The molecule has 0 aliphatic carbocycles. The number of aryl methyl sites for hydroxylation is 1. The SMILES string of the molecule is CCS(=O)(=O)CCn1nnnc1CCl. The average Bonchev–Trinajstić information content (AvgIpc) is 2.62. The van der Waals surface area contributed by atoms with Crippen LogP contribution in [0.25, 0.3) is 0 Å². The number of hydrogen-bond donors (Lipinski definition) is 0. The molecule has 0 spiro atoms. The molecule has 0 amide bonds.